The highest BCUT2D eigenvalue weighted by molar-refractivity contribution is 7.88. The number of alkyl halides is 3. The van der Waals surface area contributed by atoms with Gasteiger partial charge in [-0.3, -0.25) is 0 Å². The lowest BCUT2D eigenvalue weighted by atomic mass is 9.80. The third kappa shape index (κ3) is 10.6. The molecule has 0 spiro atoms. The van der Waals surface area contributed by atoms with Crippen LogP contribution in [0.4, 0.5) is 13.2 Å². The lowest BCUT2D eigenvalue weighted by Crippen LogP contribution is -2.29. The quantitative estimate of drug-likeness (QED) is 0.0719. The Balaban J connectivity index is 0.000000138. The molecule has 16 aromatic rings. The van der Waals surface area contributed by atoms with Crippen LogP contribution < -0.4 is 9.65 Å². The Morgan fingerprint density at radius 2 is 0.705 bits per heavy atom. The average Bonchev–Trinajstić information content (AvgIpc) is 1.10. The van der Waals surface area contributed by atoms with Crippen molar-refractivity contribution < 1.29 is 35.8 Å². The molecule has 13 heteroatoms. The summed E-state index contributed by atoms with van der Waals surface area (Å²) in [4.78, 5) is 0. The minimum absolute atomic E-state index is 0. The maximum atomic E-state index is 12.4. The molecular weight excluding hydrogens is 1180 g/mol. The van der Waals surface area contributed by atoms with Crippen LogP contribution in [-0.2, 0) is 10.1 Å². The summed E-state index contributed by atoms with van der Waals surface area (Å²) in [7, 11) is -7.09. The second-order valence-electron chi connectivity index (χ2n) is 21.2. The fraction of sp³-hybridized carbons (Fsp3) is 0.0400. The number of thiophene rings is 3. The minimum atomic E-state index is -5.68. The zero-order valence-electron chi connectivity index (χ0n) is 46.3. The molecule has 430 valence electrons. The van der Waals surface area contributed by atoms with E-state index >= 15 is 0 Å². The van der Waals surface area contributed by atoms with Crippen molar-refractivity contribution >= 4 is 150 Å². The Hall–Kier alpha value is -9.18. The number of rotatable bonds is 7. The first-order valence-electron chi connectivity index (χ1n) is 28.0. The van der Waals surface area contributed by atoms with Gasteiger partial charge in [-0.2, -0.15) is 21.6 Å². The molecule has 0 amide bonds. The summed E-state index contributed by atoms with van der Waals surface area (Å²) in [6, 6.07) is 88.8. The van der Waals surface area contributed by atoms with Gasteiger partial charge >= 0.3 is 22.7 Å². The lowest BCUT2D eigenvalue weighted by molar-refractivity contribution is -0.0500. The van der Waals surface area contributed by atoms with Crippen molar-refractivity contribution in [1.82, 2.24) is 0 Å². The first-order valence-corrected chi connectivity index (χ1v) is 31.9. The summed E-state index contributed by atoms with van der Waals surface area (Å²) in [5.41, 5.74) is 4.92. The molecule has 13 aromatic carbocycles. The van der Waals surface area contributed by atoms with Crippen LogP contribution in [0.5, 0.6) is 5.75 Å². The number of aryl methyl sites for hydroxylation is 1. The van der Waals surface area contributed by atoms with Crippen LogP contribution in [0.15, 0.2) is 261 Å². The van der Waals surface area contributed by atoms with Gasteiger partial charge in [0.2, 0.25) is 0 Å². The highest BCUT2D eigenvalue weighted by atomic mass is 32.2. The highest BCUT2D eigenvalue weighted by Crippen LogP contribution is 2.46. The SMILES string of the molecule is C.Cc1ccc(-c2ccccc2-c2ccc(OS(=O)(=O)C(F)(F)F)cc2)cc1.OB(O)c1cccc2c1sc1ccccc12.c1ccc2c(c1)sc1c(-c3ccc4c5ccccc5c5ccc(-c6cccc7c6sc6ccccc67)cc5c4c3)cccc12. The molecule has 0 unspecified atom stereocenters. The van der Waals surface area contributed by atoms with Crippen LogP contribution in [0.1, 0.15) is 13.0 Å². The average molecular weight is 1230 g/mol. The maximum Gasteiger partial charge on any atom is 0.534 e. The molecule has 0 atom stereocenters. The van der Waals surface area contributed by atoms with Crippen LogP contribution in [-0.4, -0.2) is 31.1 Å². The molecule has 3 heterocycles. The maximum absolute atomic E-state index is 12.4. The second kappa shape index (κ2) is 23.5. The number of hydrogen-bond donors (Lipinski definition) is 2. The van der Waals surface area contributed by atoms with E-state index in [-0.39, 0.29) is 7.43 Å². The monoisotopic (exact) mass is 1230 g/mol. The molecule has 2 N–H and O–H groups in total. The second-order valence-corrected chi connectivity index (χ2v) is 25.9. The highest BCUT2D eigenvalue weighted by Gasteiger charge is 2.48. The van der Waals surface area contributed by atoms with Crippen LogP contribution in [0.3, 0.4) is 0 Å². The van der Waals surface area contributed by atoms with Gasteiger partial charge in [0.25, 0.3) is 0 Å². The first kappa shape index (κ1) is 57.9. The van der Waals surface area contributed by atoms with Gasteiger partial charge in [-0.25, -0.2) is 0 Å². The Bertz CT molecular complexity index is 5250. The van der Waals surface area contributed by atoms with Gasteiger partial charge in [-0.15, -0.1) is 34.0 Å². The Labute approximate surface area is 518 Å². The topological polar surface area (TPSA) is 83.8 Å². The molecule has 0 aliphatic heterocycles. The van der Waals surface area contributed by atoms with Gasteiger partial charge in [0.1, 0.15) is 5.75 Å². The molecular formula is C75H52BF3O5S4. The van der Waals surface area contributed by atoms with E-state index in [0.717, 1.165) is 37.9 Å². The molecule has 16 rings (SSSR count). The number of benzene rings is 13. The third-order valence-corrected chi connectivity index (χ3v) is 20.6. The molecule has 0 saturated heterocycles. The van der Waals surface area contributed by atoms with Gasteiger partial charge in [0.05, 0.1) is 0 Å². The molecule has 3 aromatic heterocycles. The van der Waals surface area contributed by atoms with E-state index in [1.54, 1.807) is 17.4 Å². The number of fused-ring (bicyclic) bond motifs is 15. The predicted molar refractivity (Wildman–Crippen MR) is 369 cm³/mol. The van der Waals surface area contributed by atoms with Gasteiger partial charge < -0.3 is 14.2 Å². The van der Waals surface area contributed by atoms with Gasteiger partial charge in [0.15, 0.2) is 0 Å². The van der Waals surface area contributed by atoms with E-state index in [1.165, 1.54) is 129 Å². The molecule has 0 aliphatic carbocycles. The molecule has 88 heavy (non-hydrogen) atoms. The van der Waals surface area contributed by atoms with Crippen molar-refractivity contribution in [3.8, 4) is 50.3 Å². The summed E-state index contributed by atoms with van der Waals surface area (Å²) in [6.45, 7) is 1.99. The van der Waals surface area contributed by atoms with Crippen LogP contribution in [0.2, 0.25) is 0 Å². The van der Waals surface area contributed by atoms with Gasteiger partial charge in [-0.05, 0) is 137 Å². The van der Waals surface area contributed by atoms with Crippen molar-refractivity contribution in [3.63, 3.8) is 0 Å². The summed E-state index contributed by atoms with van der Waals surface area (Å²) < 4.78 is 71.1. The summed E-state index contributed by atoms with van der Waals surface area (Å²) in [6.07, 6.45) is 0. The van der Waals surface area contributed by atoms with Crippen LogP contribution >= 0.6 is 34.0 Å². The van der Waals surface area contributed by atoms with Crippen LogP contribution in [0, 0.1) is 6.92 Å². The minimum Gasteiger partial charge on any atom is -0.423 e. The van der Waals surface area contributed by atoms with E-state index in [1.807, 2.05) is 108 Å². The Morgan fingerprint density at radius 3 is 1.15 bits per heavy atom. The zero-order chi connectivity index (χ0) is 59.6. The van der Waals surface area contributed by atoms with Crippen molar-refractivity contribution in [1.29, 1.82) is 0 Å². The van der Waals surface area contributed by atoms with Crippen molar-refractivity contribution in [2.24, 2.45) is 0 Å². The smallest absolute Gasteiger partial charge is 0.423 e. The van der Waals surface area contributed by atoms with E-state index in [0.29, 0.717) is 5.46 Å². The third-order valence-electron chi connectivity index (χ3n) is 15.9. The number of halogens is 3. The molecule has 0 fully saturated rings. The van der Waals surface area contributed by atoms with E-state index in [4.69, 9.17) is 0 Å². The van der Waals surface area contributed by atoms with Crippen LogP contribution in [0.25, 0.3) is 137 Å². The molecule has 0 bridgehead atoms. The van der Waals surface area contributed by atoms with E-state index in [2.05, 4.69) is 156 Å². The van der Waals surface area contributed by atoms with E-state index in [9.17, 15) is 31.6 Å². The van der Waals surface area contributed by atoms with Crippen molar-refractivity contribution in [2.75, 3.05) is 0 Å². The largest absolute Gasteiger partial charge is 0.534 e. The Morgan fingerprint density at radius 1 is 0.364 bits per heavy atom. The van der Waals surface area contributed by atoms with Crippen molar-refractivity contribution in [2.45, 2.75) is 19.9 Å². The zero-order valence-corrected chi connectivity index (χ0v) is 49.6. The first-order chi connectivity index (χ1) is 42.3. The molecule has 5 nitrogen and oxygen atoms in total. The lowest BCUT2D eigenvalue weighted by Gasteiger charge is -2.14. The summed E-state index contributed by atoms with van der Waals surface area (Å²) in [5, 5.41) is 34.1. The predicted octanol–water partition coefficient (Wildman–Crippen LogP) is 21.1. The molecule has 0 radical (unpaired) electrons. The van der Waals surface area contributed by atoms with Gasteiger partial charge in [-0.1, -0.05) is 231 Å². The summed E-state index contributed by atoms with van der Waals surface area (Å²) >= 11 is 5.39. The van der Waals surface area contributed by atoms with Gasteiger partial charge in [0, 0.05) is 55.1 Å². The Kier molecular flexibility index (Phi) is 15.5. The van der Waals surface area contributed by atoms with Crippen molar-refractivity contribution in [3.05, 3.63) is 266 Å². The normalized spacial score (nSPS) is 11.8. The number of hydrogen-bond acceptors (Lipinski definition) is 8. The standard InChI is InChI=1S/C42H24S2.C20H15F3O3S.C12H9BO2S.CH4/c1-2-10-30-29(9-1)31-21-19-25(27-13-7-15-35-33-11-3-5-17-39(33)43-41(27)35)23-37(31)38-24-26(20-22-32(30)38)28-14-8-16-36-34-12-4-6-18-40(34)44-42(28)36;1-14-6-8-15(9-7-14)18-4-2-3-5-19(18)16-10-12-17(13-11-16)26-27(24,25)20(21,22)23;14-13(15)10-6-3-5-9-8-4-1-2-7-11(8)16-12(9)10;/h1-24H;2-13H,1H3;1-7,14-15H;1H4. The molecule has 0 aliphatic rings. The summed E-state index contributed by atoms with van der Waals surface area (Å²) in [5.74, 6) is -0.399. The molecule has 0 saturated carbocycles. The fourth-order valence-electron chi connectivity index (χ4n) is 11.8. The fourth-order valence-corrected chi connectivity index (χ4v) is 16.0. The van der Waals surface area contributed by atoms with E-state index < -0.39 is 28.5 Å².